The van der Waals surface area contributed by atoms with Crippen LogP contribution in [-0.2, 0) is 0 Å². The fourth-order valence-electron chi connectivity index (χ4n) is 3.84. The summed E-state index contributed by atoms with van der Waals surface area (Å²) in [6.07, 6.45) is 23.0. The minimum absolute atomic E-state index is 1.15. The molecular weight excluding hydrogens is 292 g/mol. The van der Waals surface area contributed by atoms with Crippen LogP contribution in [0.3, 0.4) is 0 Å². The summed E-state index contributed by atoms with van der Waals surface area (Å²) in [4.78, 5) is 0. The second-order valence-corrected chi connectivity index (χ2v) is 7.65. The average molecular weight is 338 g/mol. The van der Waals surface area contributed by atoms with Crippen LogP contribution in [0.25, 0.3) is 0 Å². The van der Waals surface area contributed by atoms with Gasteiger partial charge in [0.1, 0.15) is 13.1 Å². The number of amidine groups is 1. The van der Waals surface area contributed by atoms with Gasteiger partial charge in [-0.2, -0.15) is 0 Å². The summed E-state index contributed by atoms with van der Waals surface area (Å²) in [6.45, 7) is 8.10. The number of hydrogen-bond acceptors (Lipinski definition) is 1. The van der Waals surface area contributed by atoms with Crippen LogP contribution >= 0.6 is 0 Å². The molecular formula is C22H45N2+. The largest absolute Gasteiger partial charge is 0.274 e. The number of nitrogens with one attached hydrogen (secondary N) is 1. The third-order valence-electron chi connectivity index (χ3n) is 5.49. The summed E-state index contributed by atoms with van der Waals surface area (Å²) >= 11 is 0. The number of hydrogen-bond donors (Lipinski definition) is 1. The summed E-state index contributed by atoms with van der Waals surface area (Å²) in [5.41, 5.74) is 0. The summed E-state index contributed by atoms with van der Waals surface area (Å²) < 4.78 is 2.50. The van der Waals surface area contributed by atoms with E-state index in [1.165, 1.54) is 122 Å². The zero-order valence-corrected chi connectivity index (χ0v) is 16.9. The van der Waals surface area contributed by atoms with Crippen molar-refractivity contribution < 1.29 is 4.58 Å². The second kappa shape index (κ2) is 16.0. The van der Waals surface area contributed by atoms with Crippen LogP contribution in [0.15, 0.2) is 0 Å². The van der Waals surface area contributed by atoms with Crippen molar-refractivity contribution in [3.63, 3.8) is 0 Å². The molecule has 1 aliphatic heterocycles. The SMILES string of the molecule is CCCCCCCCCCCCCCCCCC1=[N+](CC)CCN1. The van der Waals surface area contributed by atoms with Gasteiger partial charge in [-0.3, -0.25) is 9.89 Å². The van der Waals surface area contributed by atoms with Crippen molar-refractivity contribution in [1.82, 2.24) is 5.32 Å². The van der Waals surface area contributed by atoms with E-state index in [-0.39, 0.29) is 0 Å². The van der Waals surface area contributed by atoms with Gasteiger partial charge in [-0.15, -0.1) is 0 Å². The first-order valence-corrected chi connectivity index (χ1v) is 11.2. The Kier molecular flexibility index (Phi) is 14.3. The van der Waals surface area contributed by atoms with Crippen molar-refractivity contribution in [1.29, 1.82) is 0 Å². The Labute approximate surface area is 152 Å². The van der Waals surface area contributed by atoms with E-state index in [1.54, 1.807) is 0 Å². The molecule has 0 aromatic rings. The molecule has 1 N–H and O–H groups in total. The van der Waals surface area contributed by atoms with Crippen LogP contribution in [0.5, 0.6) is 0 Å². The van der Waals surface area contributed by atoms with Crippen LogP contribution in [0.4, 0.5) is 0 Å². The van der Waals surface area contributed by atoms with E-state index in [2.05, 4.69) is 23.7 Å². The van der Waals surface area contributed by atoms with E-state index in [4.69, 9.17) is 0 Å². The molecule has 2 heteroatoms. The predicted octanol–water partition coefficient (Wildman–Crippen LogP) is 6.28. The van der Waals surface area contributed by atoms with Crippen molar-refractivity contribution in [3.8, 4) is 0 Å². The monoisotopic (exact) mass is 337 g/mol. The summed E-state index contributed by atoms with van der Waals surface area (Å²) in [6, 6.07) is 0. The zero-order chi connectivity index (χ0) is 17.3. The molecule has 0 fully saturated rings. The molecule has 1 heterocycles. The van der Waals surface area contributed by atoms with Crippen molar-refractivity contribution >= 4 is 5.84 Å². The quantitative estimate of drug-likeness (QED) is 0.244. The lowest BCUT2D eigenvalue weighted by molar-refractivity contribution is -0.515. The molecule has 0 aromatic heterocycles. The molecule has 0 atom stereocenters. The summed E-state index contributed by atoms with van der Waals surface area (Å²) in [5, 5.41) is 3.55. The fraction of sp³-hybridized carbons (Fsp3) is 0.955. The van der Waals surface area contributed by atoms with Gasteiger partial charge < -0.3 is 0 Å². The minimum atomic E-state index is 1.15. The number of unbranched alkanes of at least 4 members (excludes halogenated alkanes) is 14. The molecule has 1 rings (SSSR count). The molecule has 0 amide bonds. The lowest BCUT2D eigenvalue weighted by Crippen LogP contribution is -2.22. The Morgan fingerprint density at radius 3 is 1.58 bits per heavy atom. The Morgan fingerprint density at radius 1 is 0.667 bits per heavy atom. The van der Waals surface area contributed by atoms with Gasteiger partial charge in [-0.1, -0.05) is 96.8 Å². The van der Waals surface area contributed by atoms with E-state index in [0.717, 1.165) is 6.54 Å². The molecule has 0 unspecified atom stereocenters. The maximum atomic E-state index is 3.55. The van der Waals surface area contributed by atoms with Gasteiger partial charge in [-0.05, 0) is 13.3 Å². The van der Waals surface area contributed by atoms with Crippen LogP contribution in [0.2, 0.25) is 0 Å². The molecule has 0 saturated heterocycles. The maximum absolute atomic E-state index is 3.55. The summed E-state index contributed by atoms with van der Waals surface area (Å²) in [7, 11) is 0. The molecule has 0 aromatic carbocycles. The number of likely N-dealkylation sites (N-methyl/N-ethyl adjacent to an activating group) is 1. The number of nitrogens with zero attached hydrogens (tertiary/aromatic N) is 1. The predicted molar refractivity (Wildman–Crippen MR) is 108 cm³/mol. The second-order valence-electron chi connectivity index (χ2n) is 7.65. The molecule has 0 aliphatic carbocycles. The van der Waals surface area contributed by atoms with Crippen molar-refractivity contribution in [2.24, 2.45) is 0 Å². The topological polar surface area (TPSA) is 15.0 Å². The van der Waals surface area contributed by atoms with Crippen molar-refractivity contribution in [3.05, 3.63) is 0 Å². The van der Waals surface area contributed by atoms with Gasteiger partial charge in [0.05, 0.1) is 6.54 Å². The van der Waals surface area contributed by atoms with Gasteiger partial charge in [-0.25, -0.2) is 0 Å². The van der Waals surface area contributed by atoms with E-state index >= 15 is 0 Å². The van der Waals surface area contributed by atoms with Gasteiger partial charge in [0.2, 0.25) is 5.84 Å². The van der Waals surface area contributed by atoms with Crippen LogP contribution < -0.4 is 5.32 Å². The van der Waals surface area contributed by atoms with Gasteiger partial charge in [0.15, 0.2) is 0 Å². The smallest absolute Gasteiger partial charge is 0.244 e. The standard InChI is InChI=1S/C22H44N2/c1-3-5-6-7-8-9-10-11-12-13-14-15-16-17-18-19-22-23-20-21-24(22)4-2/h3-21H2,1-2H3/p+1. The Balaban J connectivity index is 1.75. The molecule has 0 saturated carbocycles. The normalized spacial score (nSPS) is 14.4. The first-order chi connectivity index (χ1) is 11.9. The van der Waals surface area contributed by atoms with Crippen LogP contribution in [-0.4, -0.2) is 30.0 Å². The van der Waals surface area contributed by atoms with E-state index in [9.17, 15) is 0 Å². The highest BCUT2D eigenvalue weighted by molar-refractivity contribution is 5.78. The van der Waals surface area contributed by atoms with Crippen molar-refractivity contribution in [2.45, 2.75) is 117 Å². The molecule has 0 bridgehead atoms. The maximum Gasteiger partial charge on any atom is 0.244 e. The van der Waals surface area contributed by atoms with Crippen molar-refractivity contribution in [2.75, 3.05) is 19.6 Å². The highest BCUT2D eigenvalue weighted by Gasteiger charge is 2.17. The third-order valence-corrected chi connectivity index (χ3v) is 5.49. The fourth-order valence-corrected chi connectivity index (χ4v) is 3.84. The number of rotatable bonds is 17. The third kappa shape index (κ3) is 11.1. The molecule has 0 spiro atoms. The average Bonchev–Trinajstić information content (AvgIpc) is 3.06. The van der Waals surface area contributed by atoms with E-state index in [0.29, 0.717) is 0 Å². The Morgan fingerprint density at radius 2 is 1.12 bits per heavy atom. The van der Waals surface area contributed by atoms with E-state index < -0.39 is 0 Å². The minimum Gasteiger partial charge on any atom is -0.274 e. The zero-order valence-electron chi connectivity index (χ0n) is 16.9. The molecule has 24 heavy (non-hydrogen) atoms. The molecule has 1 aliphatic rings. The Hall–Kier alpha value is -0.530. The molecule has 2 nitrogen and oxygen atoms in total. The lowest BCUT2D eigenvalue weighted by Gasteiger charge is -2.04. The highest BCUT2D eigenvalue weighted by atomic mass is 15.2. The first-order valence-electron chi connectivity index (χ1n) is 11.2. The lowest BCUT2D eigenvalue weighted by atomic mass is 10.0. The Bertz CT molecular complexity index is 309. The van der Waals surface area contributed by atoms with Gasteiger partial charge in [0.25, 0.3) is 0 Å². The van der Waals surface area contributed by atoms with E-state index in [1.807, 2.05) is 0 Å². The first kappa shape index (κ1) is 21.5. The van der Waals surface area contributed by atoms with Crippen LogP contribution in [0, 0.1) is 0 Å². The summed E-state index contributed by atoms with van der Waals surface area (Å²) in [5.74, 6) is 1.51. The van der Waals surface area contributed by atoms with Crippen LogP contribution in [0.1, 0.15) is 117 Å². The molecule has 0 radical (unpaired) electrons. The van der Waals surface area contributed by atoms with Gasteiger partial charge in [0, 0.05) is 6.42 Å². The highest BCUT2D eigenvalue weighted by Crippen LogP contribution is 2.13. The molecule has 142 valence electrons. The van der Waals surface area contributed by atoms with Gasteiger partial charge >= 0.3 is 0 Å².